The quantitative estimate of drug-likeness (QED) is 0.655. The Morgan fingerprint density at radius 3 is 2.13 bits per heavy atom. The van der Waals surface area contributed by atoms with Crippen molar-refractivity contribution in [2.24, 2.45) is 0 Å². The van der Waals surface area contributed by atoms with Gasteiger partial charge in [-0.05, 0) is 30.3 Å². The maximum atomic E-state index is 12.5. The van der Waals surface area contributed by atoms with Gasteiger partial charge in [-0.3, -0.25) is 4.79 Å². The lowest BCUT2D eigenvalue weighted by Gasteiger charge is -2.27. The monoisotopic (exact) mass is 412 g/mol. The predicted molar refractivity (Wildman–Crippen MR) is 103 cm³/mol. The molecule has 0 aliphatic carbocycles. The van der Waals surface area contributed by atoms with E-state index in [-0.39, 0.29) is 31.1 Å². The molecule has 0 spiro atoms. The van der Waals surface area contributed by atoms with Crippen LogP contribution in [0, 0.1) is 0 Å². The van der Waals surface area contributed by atoms with Crippen molar-refractivity contribution in [2.75, 3.05) is 19.8 Å². The fourth-order valence-electron chi connectivity index (χ4n) is 2.62. The van der Waals surface area contributed by atoms with Gasteiger partial charge >= 0.3 is 11.9 Å². The molecule has 1 N–H and O–H groups in total. The van der Waals surface area contributed by atoms with Gasteiger partial charge in [-0.25, -0.2) is 9.59 Å². The molecule has 0 bridgehead atoms. The molecule has 0 unspecified atom stereocenters. The summed E-state index contributed by atoms with van der Waals surface area (Å²) in [6.07, 6.45) is -1.03. The second kappa shape index (κ2) is 10.4. The number of aliphatic hydroxyl groups is 1. The molecule has 0 fully saturated rings. The Hall–Kier alpha value is -3.33. The van der Waals surface area contributed by atoms with Crippen LogP contribution >= 0.6 is 0 Å². The summed E-state index contributed by atoms with van der Waals surface area (Å²) >= 11 is 0. The first-order valence-electron chi connectivity index (χ1n) is 9.22. The smallest absolute Gasteiger partial charge is 0.343 e. The molecule has 1 heterocycles. The normalized spacial score (nSPS) is 18.4. The van der Waals surface area contributed by atoms with Crippen molar-refractivity contribution in [2.45, 2.75) is 12.4 Å². The molecule has 2 atom stereocenters. The van der Waals surface area contributed by atoms with Crippen LogP contribution in [0.5, 0.6) is 0 Å². The molecular weight excluding hydrogens is 392 g/mol. The summed E-state index contributed by atoms with van der Waals surface area (Å²) in [6.45, 7) is -0.719. The first-order chi connectivity index (χ1) is 14.6. The van der Waals surface area contributed by atoms with E-state index >= 15 is 0 Å². The molecule has 0 aromatic heterocycles. The highest BCUT2D eigenvalue weighted by Gasteiger charge is 2.35. The van der Waals surface area contributed by atoms with Crippen molar-refractivity contribution in [3.8, 4) is 0 Å². The molecule has 30 heavy (non-hydrogen) atoms. The van der Waals surface area contributed by atoms with Crippen molar-refractivity contribution in [3.05, 3.63) is 83.6 Å². The number of carbonyl (C=O) groups excluding carboxylic acids is 3. The van der Waals surface area contributed by atoms with Crippen molar-refractivity contribution < 1.29 is 38.4 Å². The molecule has 0 saturated carbocycles. The molecule has 0 amide bonds. The Morgan fingerprint density at radius 2 is 1.53 bits per heavy atom. The summed E-state index contributed by atoms with van der Waals surface area (Å²) in [4.78, 5) is 37.0. The van der Waals surface area contributed by atoms with Gasteiger partial charge in [0, 0.05) is 0 Å². The van der Waals surface area contributed by atoms with Crippen molar-refractivity contribution >= 4 is 17.7 Å². The van der Waals surface area contributed by atoms with Gasteiger partial charge in [0.1, 0.15) is 12.7 Å². The predicted octanol–water partition coefficient (Wildman–Crippen LogP) is 1.89. The van der Waals surface area contributed by atoms with Gasteiger partial charge in [0.05, 0.1) is 24.3 Å². The van der Waals surface area contributed by atoms with Crippen LogP contribution in [-0.2, 0) is 23.7 Å². The van der Waals surface area contributed by atoms with E-state index in [1.54, 1.807) is 60.7 Å². The third-order valence-electron chi connectivity index (χ3n) is 4.05. The number of ketones is 1. The largest absolute Gasteiger partial charge is 0.459 e. The first kappa shape index (κ1) is 21.4. The van der Waals surface area contributed by atoms with E-state index in [4.69, 9.17) is 24.1 Å². The van der Waals surface area contributed by atoms with Gasteiger partial charge in [0.15, 0.2) is 5.76 Å². The molecule has 3 rings (SSSR count). The third-order valence-corrected chi connectivity index (χ3v) is 4.05. The molecule has 1 aliphatic heterocycles. The number of rotatable bonds is 8. The Kier molecular flexibility index (Phi) is 7.45. The molecule has 8 heteroatoms. The van der Waals surface area contributed by atoms with Crippen LogP contribution in [0.1, 0.15) is 20.7 Å². The van der Waals surface area contributed by atoms with E-state index in [1.165, 1.54) is 6.08 Å². The number of Topliss-reactive ketones (excluding diaryl/α,β-unsaturated/α-hetero) is 1. The van der Waals surface area contributed by atoms with Gasteiger partial charge in [0.2, 0.25) is 6.29 Å². The zero-order valence-electron chi connectivity index (χ0n) is 15.9. The Morgan fingerprint density at radius 1 is 0.933 bits per heavy atom. The van der Waals surface area contributed by atoms with Crippen molar-refractivity contribution in [3.63, 3.8) is 0 Å². The van der Waals surface area contributed by atoms with Gasteiger partial charge in [-0.2, -0.15) is 0 Å². The van der Waals surface area contributed by atoms with Gasteiger partial charge in [-0.15, -0.1) is 0 Å². The van der Waals surface area contributed by atoms with E-state index in [0.717, 1.165) is 0 Å². The fraction of sp³-hybridized carbons (Fsp3) is 0.227. The number of hydrogen-bond donors (Lipinski definition) is 1. The highest BCUT2D eigenvalue weighted by atomic mass is 16.7. The SMILES string of the molecule is O=C(OC[C@@H]1C=C(OC(=O)c2ccccc2)C(=O)[C@H](OCCO)O1)c1ccccc1. The Bertz CT molecular complexity index is 907. The lowest BCUT2D eigenvalue weighted by atomic mass is 10.1. The minimum Gasteiger partial charge on any atom is -0.459 e. The lowest BCUT2D eigenvalue weighted by molar-refractivity contribution is -0.187. The fourth-order valence-corrected chi connectivity index (χ4v) is 2.62. The Balaban J connectivity index is 1.71. The van der Waals surface area contributed by atoms with Crippen molar-refractivity contribution in [1.29, 1.82) is 0 Å². The number of hydrogen-bond acceptors (Lipinski definition) is 8. The number of esters is 2. The molecule has 2 aromatic rings. The molecule has 0 radical (unpaired) electrons. The van der Waals surface area contributed by atoms with Crippen LogP contribution in [-0.4, -0.2) is 55.0 Å². The zero-order chi connectivity index (χ0) is 21.3. The standard InChI is InChI=1S/C22H20O8/c23-11-12-27-22-19(24)18(30-21(26)16-9-5-2-6-10-16)13-17(29-22)14-28-20(25)15-7-3-1-4-8-15/h1-10,13,17,22-23H,11-12,14H2/t17-,22+/m0/s1. The van der Waals surface area contributed by atoms with Crippen molar-refractivity contribution in [1.82, 2.24) is 0 Å². The minimum atomic E-state index is -1.40. The second-order valence-electron chi connectivity index (χ2n) is 6.22. The zero-order valence-corrected chi connectivity index (χ0v) is 15.9. The molecule has 2 aromatic carbocycles. The summed E-state index contributed by atoms with van der Waals surface area (Å²) in [7, 11) is 0. The summed E-state index contributed by atoms with van der Waals surface area (Å²) in [5.74, 6) is -2.28. The van der Waals surface area contributed by atoms with E-state index in [2.05, 4.69) is 0 Å². The molecule has 156 valence electrons. The summed E-state index contributed by atoms with van der Waals surface area (Å²) in [6, 6.07) is 16.5. The van der Waals surface area contributed by atoms with E-state index in [1.807, 2.05) is 0 Å². The van der Waals surface area contributed by atoms with E-state index in [0.29, 0.717) is 5.56 Å². The molecule has 1 aliphatic rings. The maximum absolute atomic E-state index is 12.5. The van der Waals surface area contributed by atoms with Crippen LogP contribution in [0.15, 0.2) is 72.5 Å². The van der Waals surface area contributed by atoms with Gasteiger partial charge in [0.25, 0.3) is 5.78 Å². The number of benzene rings is 2. The first-order valence-corrected chi connectivity index (χ1v) is 9.22. The highest BCUT2D eigenvalue weighted by molar-refractivity contribution is 6.01. The summed E-state index contributed by atoms with van der Waals surface area (Å²) in [5, 5.41) is 8.95. The number of ether oxygens (including phenoxy) is 4. The van der Waals surface area contributed by atoms with E-state index < -0.39 is 30.1 Å². The highest BCUT2D eigenvalue weighted by Crippen LogP contribution is 2.20. The van der Waals surface area contributed by atoms with Gasteiger partial charge in [-0.1, -0.05) is 36.4 Å². The summed E-state index contributed by atoms with van der Waals surface area (Å²) in [5.41, 5.74) is 0.620. The number of aliphatic hydroxyl groups excluding tert-OH is 1. The van der Waals surface area contributed by atoms with Gasteiger partial charge < -0.3 is 24.1 Å². The van der Waals surface area contributed by atoms with Crippen LogP contribution < -0.4 is 0 Å². The lowest BCUT2D eigenvalue weighted by Crippen LogP contribution is -2.40. The van der Waals surface area contributed by atoms with E-state index in [9.17, 15) is 14.4 Å². The average molecular weight is 412 g/mol. The molecular formula is C22H20O8. The summed E-state index contributed by atoms with van der Waals surface area (Å²) < 4.78 is 21.1. The average Bonchev–Trinajstić information content (AvgIpc) is 2.79. The van der Waals surface area contributed by atoms with Crippen LogP contribution in [0.2, 0.25) is 0 Å². The minimum absolute atomic E-state index is 0.160. The van der Waals surface area contributed by atoms with Crippen LogP contribution in [0.25, 0.3) is 0 Å². The topological polar surface area (TPSA) is 108 Å². The molecule has 8 nitrogen and oxygen atoms in total. The van der Waals surface area contributed by atoms with Crippen LogP contribution in [0.4, 0.5) is 0 Å². The van der Waals surface area contributed by atoms with Crippen LogP contribution in [0.3, 0.4) is 0 Å². The third kappa shape index (κ3) is 5.60. The number of carbonyl (C=O) groups is 3. The molecule has 0 saturated heterocycles. The second-order valence-corrected chi connectivity index (χ2v) is 6.22. The maximum Gasteiger partial charge on any atom is 0.343 e. The Labute approximate surface area is 172 Å².